The van der Waals surface area contributed by atoms with Gasteiger partial charge in [-0.3, -0.25) is 4.79 Å². The Morgan fingerprint density at radius 3 is 2.48 bits per heavy atom. The first kappa shape index (κ1) is 20.9. The molecule has 1 aliphatic carbocycles. The number of halogens is 1. The highest BCUT2D eigenvalue weighted by molar-refractivity contribution is 6.30. The standard InChI is InChI=1S/C25H23ClN4O/c26-21-13-11-18(12-14-21)24-20(17-30(29-24)23-9-5-2-6-10-23)15-19(16-27)25(31)28-22-7-3-1-4-8-22/h2,5-6,9-15,17,22H,1,3-4,7-8H2,(H,28,31). The van der Waals surface area contributed by atoms with E-state index in [1.165, 1.54) is 6.42 Å². The molecule has 0 bridgehead atoms. The third-order valence-electron chi connectivity index (χ3n) is 5.49. The zero-order chi connectivity index (χ0) is 21.6. The first-order valence-electron chi connectivity index (χ1n) is 10.5. The number of hydrogen-bond acceptors (Lipinski definition) is 3. The predicted molar refractivity (Wildman–Crippen MR) is 123 cm³/mol. The van der Waals surface area contributed by atoms with Crippen LogP contribution in [0.15, 0.2) is 66.4 Å². The van der Waals surface area contributed by atoms with E-state index in [9.17, 15) is 10.1 Å². The van der Waals surface area contributed by atoms with Crippen LogP contribution in [0.3, 0.4) is 0 Å². The number of amides is 1. The molecule has 0 unspecified atom stereocenters. The molecule has 0 radical (unpaired) electrons. The third-order valence-corrected chi connectivity index (χ3v) is 5.74. The average Bonchev–Trinajstić information content (AvgIpc) is 3.23. The van der Waals surface area contributed by atoms with Gasteiger partial charge in [0.25, 0.3) is 5.91 Å². The quantitative estimate of drug-likeness (QED) is 0.426. The molecule has 1 fully saturated rings. The van der Waals surface area contributed by atoms with Gasteiger partial charge in [0.1, 0.15) is 11.6 Å². The van der Waals surface area contributed by atoms with Crippen LogP contribution >= 0.6 is 11.6 Å². The SMILES string of the molecule is N#CC(=Cc1cn(-c2ccccc2)nc1-c1ccc(Cl)cc1)C(=O)NC1CCCCC1. The number of hydrogen-bond donors (Lipinski definition) is 1. The van der Waals surface area contributed by atoms with E-state index in [-0.39, 0.29) is 17.5 Å². The topological polar surface area (TPSA) is 70.7 Å². The van der Waals surface area contributed by atoms with Crippen LogP contribution in [0.5, 0.6) is 0 Å². The number of aromatic nitrogens is 2. The van der Waals surface area contributed by atoms with Crippen LogP contribution in [0.25, 0.3) is 23.0 Å². The Bertz CT molecular complexity index is 1120. The first-order chi connectivity index (χ1) is 15.1. The molecule has 2 aromatic carbocycles. The monoisotopic (exact) mass is 430 g/mol. The maximum absolute atomic E-state index is 12.8. The average molecular weight is 431 g/mol. The number of nitrogens with one attached hydrogen (secondary N) is 1. The van der Waals surface area contributed by atoms with Crippen molar-refractivity contribution >= 4 is 23.6 Å². The van der Waals surface area contributed by atoms with E-state index < -0.39 is 0 Å². The molecule has 1 heterocycles. The molecule has 6 heteroatoms. The summed E-state index contributed by atoms with van der Waals surface area (Å²) in [6, 6.07) is 19.3. The van der Waals surface area contributed by atoms with E-state index >= 15 is 0 Å². The number of rotatable bonds is 5. The molecular formula is C25H23ClN4O. The lowest BCUT2D eigenvalue weighted by Gasteiger charge is -2.22. The zero-order valence-corrected chi connectivity index (χ0v) is 17.8. The Hall–Kier alpha value is -3.36. The third kappa shape index (κ3) is 5.04. The Balaban J connectivity index is 1.70. The minimum Gasteiger partial charge on any atom is -0.349 e. The van der Waals surface area contributed by atoms with Crippen LogP contribution < -0.4 is 5.32 Å². The zero-order valence-electron chi connectivity index (χ0n) is 17.1. The maximum Gasteiger partial charge on any atom is 0.262 e. The summed E-state index contributed by atoms with van der Waals surface area (Å²) >= 11 is 6.05. The molecule has 0 aliphatic heterocycles. The molecule has 0 atom stereocenters. The van der Waals surface area contributed by atoms with Gasteiger partial charge in [-0.05, 0) is 43.2 Å². The molecule has 0 saturated heterocycles. The minimum atomic E-state index is -0.330. The van der Waals surface area contributed by atoms with E-state index in [1.54, 1.807) is 22.9 Å². The van der Waals surface area contributed by atoms with Gasteiger partial charge in [0.05, 0.1) is 11.4 Å². The van der Waals surface area contributed by atoms with E-state index in [4.69, 9.17) is 16.7 Å². The van der Waals surface area contributed by atoms with Gasteiger partial charge in [-0.25, -0.2) is 4.68 Å². The second-order valence-electron chi connectivity index (χ2n) is 7.70. The van der Waals surface area contributed by atoms with Crippen molar-refractivity contribution in [2.24, 2.45) is 0 Å². The predicted octanol–water partition coefficient (Wildman–Crippen LogP) is 5.55. The Labute approximate surface area is 187 Å². The van der Waals surface area contributed by atoms with Crippen molar-refractivity contribution in [1.29, 1.82) is 5.26 Å². The van der Waals surface area contributed by atoms with Crippen molar-refractivity contribution < 1.29 is 4.79 Å². The Morgan fingerprint density at radius 2 is 1.81 bits per heavy atom. The summed E-state index contributed by atoms with van der Waals surface area (Å²) in [4.78, 5) is 12.8. The van der Waals surface area contributed by atoms with Crippen molar-refractivity contribution in [3.63, 3.8) is 0 Å². The molecular weight excluding hydrogens is 408 g/mol. The normalized spacial score (nSPS) is 14.8. The van der Waals surface area contributed by atoms with Crippen LogP contribution in [-0.2, 0) is 4.79 Å². The summed E-state index contributed by atoms with van der Waals surface area (Å²) < 4.78 is 1.75. The Kier molecular flexibility index (Phi) is 6.49. The van der Waals surface area contributed by atoms with Gasteiger partial charge in [0, 0.05) is 28.4 Å². The van der Waals surface area contributed by atoms with E-state index in [0.29, 0.717) is 16.3 Å². The highest BCUT2D eigenvalue weighted by atomic mass is 35.5. The maximum atomic E-state index is 12.8. The van der Waals surface area contributed by atoms with Crippen molar-refractivity contribution in [3.8, 4) is 23.0 Å². The van der Waals surface area contributed by atoms with Crippen molar-refractivity contribution in [3.05, 3.63) is 77.0 Å². The van der Waals surface area contributed by atoms with Crippen molar-refractivity contribution in [1.82, 2.24) is 15.1 Å². The fraction of sp³-hybridized carbons (Fsp3) is 0.240. The number of benzene rings is 2. The van der Waals surface area contributed by atoms with Crippen LogP contribution in [0, 0.1) is 11.3 Å². The van der Waals surface area contributed by atoms with Gasteiger partial charge in [-0.2, -0.15) is 10.4 Å². The second kappa shape index (κ2) is 9.63. The summed E-state index contributed by atoms with van der Waals surface area (Å²) in [5.41, 5.74) is 3.20. The molecule has 1 N–H and O–H groups in total. The highest BCUT2D eigenvalue weighted by Gasteiger charge is 2.19. The molecule has 5 nitrogen and oxygen atoms in total. The van der Waals surface area contributed by atoms with Crippen LogP contribution in [0.2, 0.25) is 5.02 Å². The number of carbonyl (C=O) groups excluding carboxylic acids is 1. The molecule has 1 aromatic heterocycles. The molecule has 1 saturated carbocycles. The van der Waals surface area contributed by atoms with E-state index in [1.807, 2.05) is 48.7 Å². The molecule has 1 aliphatic rings. The molecule has 0 spiro atoms. The summed E-state index contributed by atoms with van der Waals surface area (Å²) in [7, 11) is 0. The summed E-state index contributed by atoms with van der Waals surface area (Å²) in [5, 5.41) is 18.1. The van der Waals surface area contributed by atoms with Gasteiger partial charge in [0.15, 0.2) is 0 Å². The van der Waals surface area contributed by atoms with E-state index in [0.717, 1.165) is 36.9 Å². The van der Waals surface area contributed by atoms with E-state index in [2.05, 4.69) is 11.4 Å². The van der Waals surface area contributed by atoms with Crippen LogP contribution in [0.4, 0.5) is 0 Å². The lowest BCUT2D eigenvalue weighted by molar-refractivity contribution is -0.117. The number of para-hydroxylation sites is 1. The smallest absolute Gasteiger partial charge is 0.262 e. The highest BCUT2D eigenvalue weighted by Crippen LogP contribution is 2.27. The number of nitrogens with zero attached hydrogens (tertiary/aromatic N) is 3. The second-order valence-corrected chi connectivity index (χ2v) is 8.13. The summed E-state index contributed by atoms with van der Waals surface area (Å²) in [6.07, 6.45) is 8.82. The van der Waals surface area contributed by atoms with Crippen molar-refractivity contribution in [2.45, 2.75) is 38.1 Å². The molecule has 31 heavy (non-hydrogen) atoms. The van der Waals surface area contributed by atoms with Gasteiger partial charge < -0.3 is 5.32 Å². The fourth-order valence-electron chi connectivity index (χ4n) is 3.85. The van der Waals surface area contributed by atoms with Gasteiger partial charge in [-0.1, -0.05) is 61.2 Å². The lowest BCUT2D eigenvalue weighted by atomic mass is 9.95. The summed E-state index contributed by atoms with van der Waals surface area (Å²) in [5.74, 6) is -0.330. The minimum absolute atomic E-state index is 0.0772. The van der Waals surface area contributed by atoms with Crippen molar-refractivity contribution in [2.75, 3.05) is 0 Å². The first-order valence-corrected chi connectivity index (χ1v) is 10.9. The van der Waals surface area contributed by atoms with Gasteiger partial charge in [-0.15, -0.1) is 0 Å². The summed E-state index contributed by atoms with van der Waals surface area (Å²) in [6.45, 7) is 0. The van der Waals surface area contributed by atoms with Gasteiger partial charge in [0.2, 0.25) is 0 Å². The Morgan fingerprint density at radius 1 is 1.10 bits per heavy atom. The van der Waals surface area contributed by atoms with Crippen LogP contribution in [0.1, 0.15) is 37.7 Å². The molecule has 156 valence electrons. The van der Waals surface area contributed by atoms with Gasteiger partial charge >= 0.3 is 0 Å². The van der Waals surface area contributed by atoms with Crippen LogP contribution in [-0.4, -0.2) is 21.7 Å². The lowest BCUT2D eigenvalue weighted by Crippen LogP contribution is -2.36. The molecule has 1 amide bonds. The molecule has 3 aromatic rings. The fourth-order valence-corrected chi connectivity index (χ4v) is 3.98. The largest absolute Gasteiger partial charge is 0.349 e. The number of carbonyl (C=O) groups is 1. The molecule has 4 rings (SSSR count). The number of nitriles is 1.